The molecule has 2 aliphatic heterocycles. The summed E-state index contributed by atoms with van der Waals surface area (Å²) in [6.07, 6.45) is 4.06. The van der Waals surface area contributed by atoms with E-state index in [1.807, 2.05) is 41.8 Å². The van der Waals surface area contributed by atoms with Gasteiger partial charge in [0.2, 0.25) is 5.91 Å². The number of likely N-dealkylation sites (tertiary alicyclic amines) is 2. The third-order valence-corrected chi connectivity index (χ3v) is 6.28. The highest BCUT2D eigenvalue weighted by atomic mass is 16.3. The summed E-state index contributed by atoms with van der Waals surface area (Å²) < 4.78 is 0. The number of rotatable bonds is 4. The number of hydrogen-bond acceptors (Lipinski definition) is 3. The number of amides is 2. The molecule has 2 amide bonds. The van der Waals surface area contributed by atoms with Crippen molar-refractivity contribution in [2.45, 2.75) is 46.0 Å². The number of aliphatic hydroxyl groups is 1. The Kier molecular flexibility index (Phi) is 5.66. The molecule has 2 saturated heterocycles. The van der Waals surface area contributed by atoms with Gasteiger partial charge in [-0.1, -0.05) is 12.1 Å². The number of hydrogen-bond donors (Lipinski definition) is 1. The zero-order chi connectivity index (χ0) is 18.7. The molecule has 0 atom stereocenters. The highest BCUT2D eigenvalue weighted by molar-refractivity contribution is 5.96. The summed E-state index contributed by atoms with van der Waals surface area (Å²) in [6.45, 7) is 7.11. The number of benzene rings is 1. The molecule has 2 fully saturated rings. The van der Waals surface area contributed by atoms with Crippen LogP contribution in [0.3, 0.4) is 0 Å². The fourth-order valence-electron chi connectivity index (χ4n) is 4.31. The summed E-state index contributed by atoms with van der Waals surface area (Å²) in [7, 11) is 0. The second-order valence-corrected chi connectivity index (χ2v) is 7.93. The van der Waals surface area contributed by atoms with Gasteiger partial charge in [-0.25, -0.2) is 0 Å². The van der Waals surface area contributed by atoms with E-state index >= 15 is 0 Å². The van der Waals surface area contributed by atoms with Crippen molar-refractivity contribution in [3.8, 4) is 0 Å². The summed E-state index contributed by atoms with van der Waals surface area (Å²) in [5.41, 5.74) is 3.16. The van der Waals surface area contributed by atoms with Gasteiger partial charge >= 0.3 is 0 Å². The van der Waals surface area contributed by atoms with Crippen molar-refractivity contribution in [1.29, 1.82) is 0 Å². The first-order valence-corrected chi connectivity index (χ1v) is 9.70. The van der Waals surface area contributed by atoms with Gasteiger partial charge in [0, 0.05) is 44.8 Å². The molecule has 1 aromatic rings. The van der Waals surface area contributed by atoms with E-state index in [0.717, 1.165) is 55.6 Å². The average Bonchev–Trinajstić information content (AvgIpc) is 2.65. The summed E-state index contributed by atoms with van der Waals surface area (Å²) in [6, 6.07) is 5.91. The lowest BCUT2D eigenvalue weighted by atomic mass is 9.72. The molecule has 142 valence electrons. The van der Waals surface area contributed by atoms with E-state index < -0.39 is 0 Å². The number of piperidine rings is 2. The Morgan fingerprint density at radius 3 is 2.62 bits per heavy atom. The summed E-state index contributed by atoms with van der Waals surface area (Å²) >= 11 is 0. The normalized spacial score (nSPS) is 19.9. The average molecular weight is 358 g/mol. The van der Waals surface area contributed by atoms with Crippen LogP contribution in [-0.4, -0.2) is 59.5 Å². The van der Waals surface area contributed by atoms with E-state index in [0.29, 0.717) is 19.4 Å². The minimum atomic E-state index is 0.120. The monoisotopic (exact) mass is 358 g/mol. The standard InChI is InChI=1S/C21H30N2O3/c1-16-5-3-6-18(17(16)2)20(26)22-12-9-21(10-13-22)8-7-19(25)23(15-21)11-4-14-24/h3,5-6,24H,4,7-15H2,1-2H3. The van der Waals surface area contributed by atoms with Crippen LogP contribution < -0.4 is 0 Å². The van der Waals surface area contributed by atoms with Gasteiger partial charge in [-0.15, -0.1) is 0 Å². The molecule has 26 heavy (non-hydrogen) atoms. The molecule has 1 N–H and O–H groups in total. The van der Waals surface area contributed by atoms with Crippen molar-refractivity contribution in [2.75, 3.05) is 32.8 Å². The largest absolute Gasteiger partial charge is 0.396 e. The molecular formula is C21H30N2O3. The first kappa shape index (κ1) is 18.9. The third-order valence-electron chi connectivity index (χ3n) is 6.28. The fourth-order valence-corrected chi connectivity index (χ4v) is 4.31. The van der Waals surface area contributed by atoms with Crippen LogP contribution in [0.4, 0.5) is 0 Å². The summed E-state index contributed by atoms with van der Waals surface area (Å²) in [5.74, 6) is 0.336. The van der Waals surface area contributed by atoms with Gasteiger partial charge in [0.25, 0.3) is 5.91 Å². The molecule has 0 unspecified atom stereocenters. The second-order valence-electron chi connectivity index (χ2n) is 7.93. The first-order chi connectivity index (χ1) is 12.5. The van der Waals surface area contributed by atoms with Crippen LogP contribution in [0.5, 0.6) is 0 Å². The molecule has 2 heterocycles. The lowest BCUT2D eigenvalue weighted by molar-refractivity contribution is -0.139. The molecule has 3 rings (SSSR count). The predicted molar refractivity (Wildman–Crippen MR) is 101 cm³/mol. The van der Waals surface area contributed by atoms with Crippen molar-refractivity contribution >= 4 is 11.8 Å². The first-order valence-electron chi connectivity index (χ1n) is 9.70. The Hall–Kier alpha value is -1.88. The van der Waals surface area contributed by atoms with Gasteiger partial charge in [0.05, 0.1) is 0 Å². The van der Waals surface area contributed by atoms with Crippen molar-refractivity contribution in [2.24, 2.45) is 5.41 Å². The number of aliphatic hydroxyl groups excluding tert-OH is 1. The Morgan fingerprint density at radius 2 is 1.92 bits per heavy atom. The zero-order valence-corrected chi connectivity index (χ0v) is 16.0. The van der Waals surface area contributed by atoms with Crippen LogP contribution in [0.15, 0.2) is 18.2 Å². The van der Waals surface area contributed by atoms with Gasteiger partial charge < -0.3 is 14.9 Å². The number of aryl methyl sites for hydroxylation is 1. The highest BCUT2D eigenvalue weighted by Gasteiger charge is 2.41. The quantitative estimate of drug-likeness (QED) is 0.900. The van der Waals surface area contributed by atoms with Crippen LogP contribution in [-0.2, 0) is 4.79 Å². The minimum Gasteiger partial charge on any atom is -0.396 e. The Labute approximate surface area is 156 Å². The highest BCUT2D eigenvalue weighted by Crippen LogP contribution is 2.40. The molecule has 0 bridgehead atoms. The van der Waals surface area contributed by atoms with Crippen molar-refractivity contribution in [3.63, 3.8) is 0 Å². The second kappa shape index (κ2) is 7.78. The summed E-state index contributed by atoms with van der Waals surface area (Å²) in [5, 5.41) is 9.05. The van der Waals surface area contributed by atoms with Gasteiger partial charge in [-0.2, -0.15) is 0 Å². The molecule has 0 aliphatic carbocycles. The summed E-state index contributed by atoms with van der Waals surface area (Å²) in [4.78, 5) is 29.0. The molecule has 1 spiro atoms. The maximum Gasteiger partial charge on any atom is 0.254 e. The molecule has 0 saturated carbocycles. The lowest BCUT2D eigenvalue weighted by Gasteiger charge is -2.47. The number of carbonyl (C=O) groups excluding carboxylic acids is 2. The predicted octanol–water partition coefficient (Wildman–Crippen LogP) is 2.53. The van der Waals surface area contributed by atoms with E-state index in [2.05, 4.69) is 0 Å². The van der Waals surface area contributed by atoms with Crippen molar-refractivity contribution < 1.29 is 14.7 Å². The lowest BCUT2D eigenvalue weighted by Crippen LogP contribution is -2.52. The molecule has 5 nitrogen and oxygen atoms in total. The van der Waals surface area contributed by atoms with E-state index in [9.17, 15) is 9.59 Å². The number of nitrogens with zero attached hydrogens (tertiary/aromatic N) is 2. The molecule has 1 aromatic carbocycles. The smallest absolute Gasteiger partial charge is 0.254 e. The van der Waals surface area contributed by atoms with Crippen molar-refractivity contribution in [1.82, 2.24) is 9.80 Å². The van der Waals surface area contributed by atoms with Crippen LogP contribution in [0.2, 0.25) is 0 Å². The maximum absolute atomic E-state index is 12.9. The molecule has 5 heteroatoms. The Bertz CT molecular complexity index is 678. The van der Waals surface area contributed by atoms with Gasteiger partial charge in [-0.3, -0.25) is 9.59 Å². The maximum atomic E-state index is 12.9. The van der Waals surface area contributed by atoms with Crippen molar-refractivity contribution in [3.05, 3.63) is 34.9 Å². The van der Waals surface area contributed by atoms with Crippen LogP contribution in [0.25, 0.3) is 0 Å². The molecule has 2 aliphatic rings. The van der Waals surface area contributed by atoms with Crippen LogP contribution >= 0.6 is 0 Å². The van der Waals surface area contributed by atoms with Crippen LogP contribution in [0, 0.1) is 19.3 Å². The molecule has 0 radical (unpaired) electrons. The van der Waals surface area contributed by atoms with Crippen LogP contribution in [0.1, 0.15) is 53.6 Å². The van der Waals surface area contributed by atoms with E-state index in [-0.39, 0.29) is 23.8 Å². The van der Waals surface area contributed by atoms with Gasteiger partial charge in [0.1, 0.15) is 0 Å². The Morgan fingerprint density at radius 1 is 1.19 bits per heavy atom. The minimum absolute atomic E-state index is 0.120. The zero-order valence-electron chi connectivity index (χ0n) is 16.0. The van der Waals surface area contributed by atoms with E-state index in [1.54, 1.807) is 0 Å². The topological polar surface area (TPSA) is 60.9 Å². The Balaban J connectivity index is 1.64. The molecular weight excluding hydrogens is 328 g/mol. The number of carbonyl (C=O) groups is 2. The third kappa shape index (κ3) is 3.78. The molecule has 0 aromatic heterocycles. The SMILES string of the molecule is Cc1cccc(C(=O)N2CCC3(CCC(=O)N(CCCO)C3)CC2)c1C. The van der Waals surface area contributed by atoms with Gasteiger partial charge in [-0.05, 0) is 62.1 Å². The van der Waals surface area contributed by atoms with E-state index in [4.69, 9.17) is 5.11 Å². The fraction of sp³-hybridized carbons (Fsp3) is 0.619. The van der Waals surface area contributed by atoms with E-state index in [1.165, 1.54) is 0 Å². The van der Waals surface area contributed by atoms with Gasteiger partial charge in [0.15, 0.2) is 0 Å².